The van der Waals surface area contributed by atoms with Gasteiger partial charge < -0.3 is 10.0 Å². The number of anilines is 1. The molecule has 1 aromatic carbocycles. The average molecular weight is 287 g/mol. The summed E-state index contributed by atoms with van der Waals surface area (Å²) in [7, 11) is 0. The van der Waals surface area contributed by atoms with Crippen LogP contribution < -0.4 is 4.90 Å². The Morgan fingerprint density at radius 3 is 2.55 bits per heavy atom. The van der Waals surface area contributed by atoms with E-state index in [2.05, 4.69) is 0 Å². The lowest BCUT2D eigenvalue weighted by molar-refractivity contribution is -0.170. The number of rotatable bonds is 1. The maximum Gasteiger partial charge on any atom is 0.471 e. The molecular formula is C13H12F3NO3. The van der Waals surface area contributed by atoms with Gasteiger partial charge in [-0.2, -0.15) is 13.2 Å². The Hall–Kier alpha value is -2.05. The molecule has 4 nitrogen and oxygen atoms in total. The minimum atomic E-state index is -4.98. The Bertz CT molecular complexity index is 568. The number of amides is 1. The number of nitrogens with zero attached hydrogens (tertiary/aromatic N) is 1. The highest BCUT2D eigenvalue weighted by Crippen LogP contribution is 2.39. The molecule has 1 aliphatic rings. The zero-order chi connectivity index (χ0) is 15.1. The zero-order valence-electron chi connectivity index (χ0n) is 10.6. The Balaban J connectivity index is 2.54. The van der Waals surface area contributed by atoms with Gasteiger partial charge in [-0.3, -0.25) is 9.59 Å². The molecule has 0 spiro atoms. The van der Waals surface area contributed by atoms with Gasteiger partial charge in [0.1, 0.15) is 0 Å². The van der Waals surface area contributed by atoms with E-state index in [4.69, 9.17) is 5.11 Å². The van der Waals surface area contributed by atoms with Crippen LogP contribution in [0.2, 0.25) is 0 Å². The highest BCUT2D eigenvalue weighted by atomic mass is 19.4. The second-order valence-corrected chi connectivity index (χ2v) is 4.65. The Morgan fingerprint density at radius 2 is 2.00 bits per heavy atom. The van der Waals surface area contributed by atoms with E-state index in [9.17, 15) is 22.8 Å². The van der Waals surface area contributed by atoms with E-state index in [-0.39, 0.29) is 24.2 Å². The third-order valence-electron chi connectivity index (χ3n) is 3.34. The minimum absolute atomic E-state index is 0.0341. The molecule has 0 aromatic heterocycles. The predicted octanol–water partition coefficient (Wildman–Crippen LogP) is 2.46. The van der Waals surface area contributed by atoms with Gasteiger partial charge in [-0.25, -0.2) is 0 Å². The van der Waals surface area contributed by atoms with Gasteiger partial charge >= 0.3 is 18.1 Å². The zero-order valence-corrected chi connectivity index (χ0v) is 10.6. The van der Waals surface area contributed by atoms with Crippen molar-refractivity contribution in [2.45, 2.75) is 25.4 Å². The van der Waals surface area contributed by atoms with Crippen molar-refractivity contribution in [3.8, 4) is 0 Å². The number of hydrogen-bond donors (Lipinski definition) is 1. The summed E-state index contributed by atoms with van der Waals surface area (Å²) in [6, 6.07) is 4.59. The van der Waals surface area contributed by atoms with Crippen LogP contribution in [0.15, 0.2) is 18.2 Å². The van der Waals surface area contributed by atoms with Crippen molar-refractivity contribution < 1.29 is 27.9 Å². The summed E-state index contributed by atoms with van der Waals surface area (Å²) < 4.78 is 37.8. The lowest BCUT2D eigenvalue weighted by Gasteiger charge is -2.34. The van der Waals surface area contributed by atoms with Crippen LogP contribution in [0.5, 0.6) is 0 Å². The van der Waals surface area contributed by atoms with Crippen molar-refractivity contribution in [1.29, 1.82) is 0 Å². The number of alkyl halides is 3. The summed E-state index contributed by atoms with van der Waals surface area (Å²) in [5.74, 6) is -3.95. The van der Waals surface area contributed by atoms with Crippen molar-refractivity contribution >= 4 is 17.6 Å². The number of fused-ring (bicyclic) bond motifs is 1. The molecule has 1 unspecified atom stereocenters. The number of aliphatic carboxylic acids is 1. The lowest BCUT2D eigenvalue weighted by Crippen LogP contribution is -2.45. The molecule has 7 heteroatoms. The van der Waals surface area contributed by atoms with Crippen LogP contribution in [0.4, 0.5) is 18.9 Å². The third-order valence-corrected chi connectivity index (χ3v) is 3.34. The van der Waals surface area contributed by atoms with Crippen molar-refractivity contribution in [2.75, 3.05) is 11.4 Å². The molecule has 0 aliphatic carbocycles. The molecule has 1 aliphatic heterocycles. The SMILES string of the molecule is Cc1cccc2c1N(C(=O)C(F)(F)F)CCC2C(=O)O. The first kappa shape index (κ1) is 14.4. The van der Waals surface area contributed by atoms with Crippen LogP contribution in [0.25, 0.3) is 0 Å². The average Bonchev–Trinajstić information content (AvgIpc) is 2.35. The minimum Gasteiger partial charge on any atom is -0.481 e. The van der Waals surface area contributed by atoms with Crippen molar-refractivity contribution in [2.24, 2.45) is 0 Å². The van der Waals surface area contributed by atoms with Gasteiger partial charge in [0.05, 0.1) is 11.6 Å². The molecule has 0 radical (unpaired) electrons. The Labute approximate surface area is 112 Å². The number of carboxylic acids is 1. The molecule has 1 atom stereocenters. The monoisotopic (exact) mass is 287 g/mol. The summed E-state index contributed by atoms with van der Waals surface area (Å²) in [6.45, 7) is 1.30. The number of aryl methyl sites for hydroxylation is 1. The van der Waals surface area contributed by atoms with Crippen LogP contribution in [-0.2, 0) is 9.59 Å². The highest BCUT2D eigenvalue weighted by molar-refractivity contribution is 6.00. The van der Waals surface area contributed by atoms with Gasteiger partial charge in [0, 0.05) is 6.54 Å². The van der Waals surface area contributed by atoms with Gasteiger partial charge in [0.2, 0.25) is 0 Å². The van der Waals surface area contributed by atoms with Gasteiger partial charge in [0.25, 0.3) is 0 Å². The fourth-order valence-electron chi connectivity index (χ4n) is 2.47. The first-order chi connectivity index (χ1) is 9.23. The topological polar surface area (TPSA) is 57.6 Å². The van der Waals surface area contributed by atoms with Crippen LogP contribution >= 0.6 is 0 Å². The maximum atomic E-state index is 12.6. The van der Waals surface area contributed by atoms with Crippen molar-refractivity contribution in [3.05, 3.63) is 29.3 Å². The number of benzene rings is 1. The molecule has 1 heterocycles. The smallest absolute Gasteiger partial charge is 0.471 e. The Morgan fingerprint density at radius 1 is 1.35 bits per heavy atom. The number of hydrogen-bond acceptors (Lipinski definition) is 2. The van der Waals surface area contributed by atoms with Crippen LogP contribution in [0.3, 0.4) is 0 Å². The Kier molecular flexibility index (Phi) is 3.45. The molecule has 0 fully saturated rings. The standard InChI is InChI=1S/C13H12F3NO3/c1-7-3-2-4-8-9(11(18)19)5-6-17(10(7)8)12(20)13(14,15)16/h2-4,9H,5-6H2,1H3,(H,18,19). The fourth-order valence-corrected chi connectivity index (χ4v) is 2.47. The van der Waals surface area contributed by atoms with Gasteiger partial charge in [-0.05, 0) is 24.5 Å². The normalized spacial score (nSPS) is 18.6. The summed E-state index contributed by atoms with van der Waals surface area (Å²) in [5.41, 5.74) is 0.765. The van der Waals surface area contributed by atoms with E-state index in [1.54, 1.807) is 19.1 Å². The van der Waals surface area contributed by atoms with E-state index in [0.29, 0.717) is 10.5 Å². The molecule has 20 heavy (non-hydrogen) atoms. The number of carbonyl (C=O) groups is 2. The number of carboxylic acid groups (broad SMARTS) is 1. The summed E-state index contributed by atoms with van der Waals surface area (Å²) in [6.07, 6.45) is -5.01. The second kappa shape index (κ2) is 4.81. The molecule has 108 valence electrons. The number of halogens is 3. The maximum absolute atomic E-state index is 12.6. The summed E-state index contributed by atoms with van der Waals surface area (Å²) in [4.78, 5) is 23.3. The second-order valence-electron chi connectivity index (χ2n) is 4.65. The molecular weight excluding hydrogens is 275 g/mol. The van der Waals surface area contributed by atoms with Crippen LogP contribution in [-0.4, -0.2) is 29.7 Å². The van der Waals surface area contributed by atoms with E-state index in [1.807, 2.05) is 0 Å². The largest absolute Gasteiger partial charge is 0.481 e. The number of para-hydroxylation sites is 1. The highest BCUT2D eigenvalue weighted by Gasteiger charge is 2.46. The van der Waals surface area contributed by atoms with Gasteiger partial charge in [-0.15, -0.1) is 0 Å². The molecule has 0 bridgehead atoms. The molecule has 2 rings (SSSR count). The quantitative estimate of drug-likeness (QED) is 0.863. The molecule has 0 saturated carbocycles. The third kappa shape index (κ3) is 2.35. The summed E-state index contributed by atoms with van der Waals surface area (Å²) in [5, 5.41) is 9.13. The number of carbonyl (C=O) groups excluding carboxylic acids is 1. The van der Waals surface area contributed by atoms with Crippen molar-refractivity contribution in [1.82, 2.24) is 0 Å². The summed E-state index contributed by atoms with van der Waals surface area (Å²) >= 11 is 0. The first-order valence-electron chi connectivity index (χ1n) is 5.94. The molecule has 1 amide bonds. The van der Waals surface area contributed by atoms with Crippen molar-refractivity contribution in [3.63, 3.8) is 0 Å². The fraction of sp³-hybridized carbons (Fsp3) is 0.385. The first-order valence-corrected chi connectivity index (χ1v) is 5.94. The van der Waals surface area contributed by atoms with Crippen LogP contribution in [0.1, 0.15) is 23.5 Å². The van der Waals surface area contributed by atoms with E-state index < -0.39 is 24.0 Å². The van der Waals surface area contributed by atoms with Crippen LogP contribution in [0, 0.1) is 6.92 Å². The van der Waals surface area contributed by atoms with E-state index in [1.165, 1.54) is 6.07 Å². The lowest BCUT2D eigenvalue weighted by atomic mass is 9.88. The predicted molar refractivity (Wildman–Crippen MR) is 64.6 cm³/mol. The molecule has 0 saturated heterocycles. The van der Waals surface area contributed by atoms with Gasteiger partial charge in [0.15, 0.2) is 0 Å². The van der Waals surface area contributed by atoms with E-state index in [0.717, 1.165) is 0 Å². The molecule has 1 aromatic rings. The van der Waals surface area contributed by atoms with E-state index >= 15 is 0 Å². The molecule has 1 N–H and O–H groups in total. The van der Waals surface area contributed by atoms with Gasteiger partial charge in [-0.1, -0.05) is 18.2 Å².